The molecule has 1 aromatic rings. The van der Waals surface area contributed by atoms with E-state index in [4.69, 9.17) is 5.73 Å². The van der Waals surface area contributed by atoms with E-state index < -0.39 is 0 Å². The van der Waals surface area contributed by atoms with Crippen LogP contribution in [0.25, 0.3) is 0 Å². The summed E-state index contributed by atoms with van der Waals surface area (Å²) < 4.78 is 0. The van der Waals surface area contributed by atoms with Crippen LogP contribution in [0.1, 0.15) is 19.3 Å². The average molecular weight is 277 g/mol. The minimum absolute atomic E-state index is 0.00951. The van der Waals surface area contributed by atoms with Gasteiger partial charge in [0.25, 0.3) is 0 Å². The molecule has 1 fully saturated rings. The third-order valence-electron chi connectivity index (χ3n) is 3.70. The molecule has 0 aromatic heterocycles. The number of aliphatic hydroxyl groups excluding tert-OH is 1. The van der Waals surface area contributed by atoms with Gasteiger partial charge in [-0.15, -0.1) is 0 Å². The number of carbonyl (C=O) groups is 1. The van der Waals surface area contributed by atoms with Gasteiger partial charge in [-0.1, -0.05) is 0 Å². The molecule has 1 aliphatic carbocycles. The van der Waals surface area contributed by atoms with Crippen LogP contribution in [0.15, 0.2) is 24.3 Å². The van der Waals surface area contributed by atoms with E-state index in [0.717, 1.165) is 31.6 Å². The lowest BCUT2D eigenvalue weighted by molar-refractivity contribution is -0.116. The number of nitrogens with zero attached hydrogens (tertiary/aromatic N) is 1. The maximum Gasteiger partial charge on any atom is 0.225 e. The summed E-state index contributed by atoms with van der Waals surface area (Å²) in [6, 6.07) is 7.13. The molecule has 0 aliphatic heterocycles. The molecule has 1 amide bonds. The zero-order valence-corrected chi connectivity index (χ0v) is 11.9. The number of hydrogen-bond acceptors (Lipinski definition) is 4. The third-order valence-corrected chi connectivity index (χ3v) is 3.70. The van der Waals surface area contributed by atoms with Gasteiger partial charge in [0, 0.05) is 30.9 Å². The molecule has 0 heterocycles. The van der Waals surface area contributed by atoms with Gasteiger partial charge in [-0.05, 0) is 50.1 Å². The predicted octanol–water partition coefficient (Wildman–Crippen LogP) is 1.30. The summed E-state index contributed by atoms with van der Waals surface area (Å²) in [5, 5.41) is 12.1. The van der Waals surface area contributed by atoms with Gasteiger partial charge in [0.2, 0.25) is 5.91 Å². The van der Waals surface area contributed by atoms with Gasteiger partial charge in [0.1, 0.15) is 0 Å². The first kappa shape index (κ1) is 14.8. The summed E-state index contributed by atoms with van der Waals surface area (Å²) in [5.74, 6) is 0.588. The Morgan fingerprint density at radius 2 is 2.05 bits per heavy atom. The van der Waals surface area contributed by atoms with Crippen LogP contribution in [0.3, 0.4) is 0 Å². The molecule has 5 nitrogen and oxygen atoms in total. The predicted molar refractivity (Wildman–Crippen MR) is 80.3 cm³/mol. The SMILES string of the molecule is CN(CCC(=O)Nc1ccc(N)cc1)CC1CC(O)C1. The molecule has 5 heteroatoms. The standard InChI is InChI=1S/C15H23N3O2/c1-18(10-11-8-14(19)9-11)7-6-15(20)17-13-4-2-12(16)3-5-13/h2-5,11,14,19H,6-10,16H2,1H3,(H,17,20). The Labute approximate surface area is 119 Å². The quantitative estimate of drug-likeness (QED) is 0.685. The van der Waals surface area contributed by atoms with E-state index in [0.29, 0.717) is 18.0 Å². The Morgan fingerprint density at radius 3 is 2.65 bits per heavy atom. The van der Waals surface area contributed by atoms with Gasteiger partial charge in [-0.25, -0.2) is 0 Å². The molecule has 0 radical (unpaired) electrons. The van der Waals surface area contributed by atoms with Crippen molar-refractivity contribution in [3.8, 4) is 0 Å². The average Bonchev–Trinajstić information content (AvgIpc) is 2.37. The second kappa shape index (κ2) is 6.72. The lowest BCUT2D eigenvalue weighted by Crippen LogP contribution is -2.38. The van der Waals surface area contributed by atoms with Crippen LogP contribution in [0.2, 0.25) is 0 Å². The van der Waals surface area contributed by atoms with Crippen molar-refractivity contribution in [2.24, 2.45) is 5.92 Å². The van der Waals surface area contributed by atoms with Crippen LogP contribution in [-0.2, 0) is 4.79 Å². The summed E-state index contributed by atoms with van der Waals surface area (Å²) in [6.07, 6.45) is 2.14. The van der Waals surface area contributed by atoms with Crippen LogP contribution in [0.4, 0.5) is 11.4 Å². The molecule has 110 valence electrons. The van der Waals surface area contributed by atoms with E-state index in [1.807, 2.05) is 7.05 Å². The maximum atomic E-state index is 11.8. The molecule has 0 saturated heterocycles. The van der Waals surface area contributed by atoms with Crippen LogP contribution < -0.4 is 11.1 Å². The molecular formula is C15H23N3O2. The number of aliphatic hydroxyl groups is 1. The fourth-order valence-corrected chi connectivity index (χ4v) is 2.46. The minimum Gasteiger partial charge on any atom is -0.399 e. The summed E-state index contributed by atoms with van der Waals surface area (Å²) in [4.78, 5) is 14.0. The number of carbonyl (C=O) groups excluding carboxylic acids is 1. The van der Waals surface area contributed by atoms with Crippen LogP contribution in [0.5, 0.6) is 0 Å². The lowest BCUT2D eigenvalue weighted by atomic mass is 9.82. The van der Waals surface area contributed by atoms with Gasteiger partial charge in [-0.2, -0.15) is 0 Å². The summed E-state index contributed by atoms with van der Waals surface area (Å²) >= 11 is 0. The Hall–Kier alpha value is -1.59. The minimum atomic E-state index is -0.109. The first-order valence-corrected chi connectivity index (χ1v) is 7.05. The van der Waals surface area contributed by atoms with Gasteiger partial charge < -0.3 is 21.1 Å². The molecule has 0 bridgehead atoms. The zero-order valence-electron chi connectivity index (χ0n) is 11.9. The smallest absolute Gasteiger partial charge is 0.225 e. The maximum absolute atomic E-state index is 11.8. The van der Waals surface area contributed by atoms with Gasteiger partial charge in [0.15, 0.2) is 0 Å². The van der Waals surface area contributed by atoms with E-state index in [2.05, 4.69) is 10.2 Å². The third kappa shape index (κ3) is 4.51. The van der Waals surface area contributed by atoms with Crippen molar-refractivity contribution >= 4 is 17.3 Å². The molecule has 1 aromatic carbocycles. The number of nitrogens with one attached hydrogen (secondary N) is 1. The first-order valence-electron chi connectivity index (χ1n) is 7.05. The summed E-state index contributed by atoms with van der Waals surface area (Å²) in [5.41, 5.74) is 7.05. The van der Waals surface area contributed by atoms with Crippen molar-refractivity contribution in [1.82, 2.24) is 4.90 Å². The monoisotopic (exact) mass is 277 g/mol. The summed E-state index contributed by atoms with van der Waals surface area (Å²) in [7, 11) is 2.02. The second-order valence-electron chi connectivity index (χ2n) is 5.67. The Bertz CT molecular complexity index is 441. The molecule has 1 saturated carbocycles. The summed E-state index contributed by atoms with van der Waals surface area (Å²) in [6.45, 7) is 1.68. The molecule has 2 rings (SSSR count). The Balaban J connectivity index is 1.65. The highest BCUT2D eigenvalue weighted by atomic mass is 16.3. The molecule has 1 aliphatic rings. The highest BCUT2D eigenvalue weighted by Gasteiger charge is 2.27. The lowest BCUT2D eigenvalue weighted by Gasteiger charge is -2.34. The van der Waals surface area contributed by atoms with Crippen molar-refractivity contribution in [1.29, 1.82) is 0 Å². The van der Waals surface area contributed by atoms with Crippen molar-refractivity contribution in [2.75, 3.05) is 31.2 Å². The van der Waals surface area contributed by atoms with Crippen LogP contribution in [0, 0.1) is 5.92 Å². The first-order chi connectivity index (χ1) is 9.52. The Morgan fingerprint density at radius 1 is 1.40 bits per heavy atom. The fraction of sp³-hybridized carbons (Fsp3) is 0.533. The molecule has 0 spiro atoms. The van der Waals surface area contributed by atoms with E-state index in [-0.39, 0.29) is 12.0 Å². The van der Waals surface area contributed by atoms with Crippen molar-refractivity contribution in [3.05, 3.63) is 24.3 Å². The fourth-order valence-electron chi connectivity index (χ4n) is 2.46. The number of nitrogens with two attached hydrogens (primary N) is 1. The van der Waals surface area contributed by atoms with Gasteiger partial charge in [-0.3, -0.25) is 4.79 Å². The highest BCUT2D eigenvalue weighted by Crippen LogP contribution is 2.27. The topological polar surface area (TPSA) is 78.6 Å². The normalized spacial score (nSPS) is 21.6. The molecule has 0 unspecified atom stereocenters. The van der Waals surface area contributed by atoms with Crippen molar-refractivity contribution in [3.63, 3.8) is 0 Å². The number of anilines is 2. The number of rotatable bonds is 6. The molecule has 0 atom stereocenters. The molecule has 20 heavy (non-hydrogen) atoms. The molecular weight excluding hydrogens is 254 g/mol. The molecule has 4 N–H and O–H groups in total. The van der Waals surface area contributed by atoms with E-state index in [1.165, 1.54) is 0 Å². The van der Waals surface area contributed by atoms with Crippen molar-refractivity contribution < 1.29 is 9.90 Å². The number of nitrogen functional groups attached to an aromatic ring is 1. The van der Waals surface area contributed by atoms with Crippen LogP contribution >= 0.6 is 0 Å². The van der Waals surface area contributed by atoms with E-state index >= 15 is 0 Å². The van der Waals surface area contributed by atoms with Crippen molar-refractivity contribution in [2.45, 2.75) is 25.4 Å². The van der Waals surface area contributed by atoms with Gasteiger partial charge in [0.05, 0.1) is 6.10 Å². The van der Waals surface area contributed by atoms with Gasteiger partial charge >= 0.3 is 0 Å². The highest BCUT2D eigenvalue weighted by molar-refractivity contribution is 5.90. The Kier molecular flexibility index (Phi) is 4.98. The van der Waals surface area contributed by atoms with E-state index in [9.17, 15) is 9.90 Å². The number of amides is 1. The number of benzene rings is 1. The largest absolute Gasteiger partial charge is 0.399 e. The zero-order chi connectivity index (χ0) is 14.5. The van der Waals surface area contributed by atoms with Crippen LogP contribution in [-0.4, -0.2) is 42.2 Å². The second-order valence-corrected chi connectivity index (χ2v) is 5.67. The van der Waals surface area contributed by atoms with E-state index in [1.54, 1.807) is 24.3 Å². The number of hydrogen-bond donors (Lipinski definition) is 3.